The molecule has 296 valence electrons. The van der Waals surface area contributed by atoms with Crippen LogP contribution >= 0.6 is 0 Å². The van der Waals surface area contributed by atoms with Crippen molar-refractivity contribution in [3.05, 3.63) is 204 Å². The number of benzene rings is 6. The van der Waals surface area contributed by atoms with Crippen LogP contribution in [0.15, 0.2) is 176 Å². The van der Waals surface area contributed by atoms with Gasteiger partial charge in [0.2, 0.25) is 0 Å². The minimum Gasteiger partial charge on any atom is -0.311 e. The Morgan fingerprint density at radius 3 is 1.21 bits per heavy atom. The first-order chi connectivity index (χ1) is 28.3. The Balaban J connectivity index is 1.42. The zero-order chi connectivity index (χ0) is 40.5. The minimum atomic E-state index is -0.741. The van der Waals surface area contributed by atoms with Crippen LogP contribution in [-0.4, -0.2) is 5.66 Å². The van der Waals surface area contributed by atoms with Gasteiger partial charge in [0.15, 0.2) is 5.66 Å². The number of nitrogens with zero attached hydrogens (tertiary/aromatic N) is 2. The van der Waals surface area contributed by atoms with Crippen molar-refractivity contribution in [1.29, 1.82) is 0 Å². The highest BCUT2D eigenvalue weighted by Gasteiger charge is 2.42. The average molecular weight is 763 g/mol. The van der Waals surface area contributed by atoms with Gasteiger partial charge in [-0.05, 0) is 137 Å². The summed E-state index contributed by atoms with van der Waals surface area (Å²) in [6, 6.07) is 57.0. The third-order valence-corrected chi connectivity index (χ3v) is 11.9. The molecule has 0 amide bonds. The zero-order valence-corrected chi connectivity index (χ0v) is 35.6. The molecule has 0 saturated heterocycles. The lowest BCUT2D eigenvalue weighted by molar-refractivity contribution is 0.625. The van der Waals surface area contributed by atoms with Crippen LogP contribution in [0.5, 0.6) is 0 Å². The molecule has 0 atom stereocenters. The fraction of sp³-hybridized carbons (Fsp3) is 0.286. The molecule has 0 heterocycles. The normalized spacial score (nSPS) is 13.7. The minimum absolute atomic E-state index is 0.126. The highest BCUT2D eigenvalue weighted by molar-refractivity contribution is 5.78. The maximum Gasteiger partial charge on any atom is 0.160 e. The van der Waals surface area contributed by atoms with Crippen LogP contribution in [-0.2, 0) is 12.8 Å². The van der Waals surface area contributed by atoms with E-state index in [2.05, 4.69) is 227 Å². The van der Waals surface area contributed by atoms with E-state index in [0.29, 0.717) is 11.8 Å². The second-order valence-corrected chi connectivity index (χ2v) is 16.7. The smallest absolute Gasteiger partial charge is 0.160 e. The lowest BCUT2D eigenvalue weighted by Gasteiger charge is -2.51. The standard InChI is InChI=1S/C56H62N2/c1-7-9-14-44-18-30-52(31-19-44)57(54-34-26-46(27-35-54)42(3)4)56(40-38-51(39-41-56)50-24-22-49(23-25-50)48-16-12-11-13-17-48)58(55-36-28-47(29-37-55)43(5)6)53-32-20-45(21-33-53)15-10-8-2/h11-13,16-43,51H,7-10,14-15H2,1-6H3. The molecule has 6 aromatic carbocycles. The summed E-state index contributed by atoms with van der Waals surface area (Å²) in [7, 11) is 0. The van der Waals surface area contributed by atoms with Crippen molar-refractivity contribution in [2.75, 3.05) is 9.80 Å². The molecule has 0 fully saturated rings. The van der Waals surface area contributed by atoms with Crippen molar-refractivity contribution in [3.8, 4) is 11.1 Å². The predicted molar refractivity (Wildman–Crippen MR) is 251 cm³/mol. The molecule has 6 aromatic rings. The number of aryl methyl sites for hydroxylation is 2. The monoisotopic (exact) mass is 762 g/mol. The van der Waals surface area contributed by atoms with Crippen LogP contribution < -0.4 is 9.80 Å². The fourth-order valence-electron chi connectivity index (χ4n) is 8.29. The molecule has 0 aromatic heterocycles. The molecule has 1 aliphatic carbocycles. The van der Waals surface area contributed by atoms with Gasteiger partial charge in [0.05, 0.1) is 0 Å². The summed E-state index contributed by atoms with van der Waals surface area (Å²) in [4.78, 5) is 5.12. The van der Waals surface area contributed by atoms with Gasteiger partial charge in [-0.1, -0.05) is 170 Å². The number of hydrogen-bond donors (Lipinski definition) is 0. The average Bonchev–Trinajstić information content (AvgIpc) is 3.27. The fourth-order valence-corrected chi connectivity index (χ4v) is 8.29. The first kappa shape index (κ1) is 40.6. The Labute approximate surface area is 349 Å². The summed E-state index contributed by atoms with van der Waals surface area (Å²) in [6.07, 6.45) is 16.7. The van der Waals surface area contributed by atoms with Gasteiger partial charge in [0.1, 0.15) is 0 Å². The Kier molecular flexibility index (Phi) is 13.1. The quantitative estimate of drug-likeness (QED) is 0.0716. The molecular weight excluding hydrogens is 701 g/mol. The molecule has 0 unspecified atom stereocenters. The van der Waals surface area contributed by atoms with Gasteiger partial charge in [-0.25, -0.2) is 0 Å². The third-order valence-electron chi connectivity index (χ3n) is 11.9. The number of hydrogen-bond acceptors (Lipinski definition) is 2. The highest BCUT2D eigenvalue weighted by Crippen LogP contribution is 2.47. The molecular formula is C56H62N2. The van der Waals surface area contributed by atoms with E-state index in [0.717, 1.165) is 35.6 Å². The van der Waals surface area contributed by atoms with Crippen molar-refractivity contribution in [2.24, 2.45) is 0 Å². The van der Waals surface area contributed by atoms with Crippen molar-refractivity contribution >= 4 is 22.7 Å². The molecule has 58 heavy (non-hydrogen) atoms. The Morgan fingerprint density at radius 2 is 0.828 bits per heavy atom. The molecule has 2 nitrogen and oxygen atoms in total. The summed E-state index contributed by atoms with van der Waals surface area (Å²) in [5.41, 5.74) is 13.1. The third kappa shape index (κ3) is 9.08. The Bertz CT molecular complexity index is 2100. The summed E-state index contributed by atoms with van der Waals surface area (Å²) in [5, 5.41) is 0. The number of rotatable bonds is 16. The molecule has 0 spiro atoms. The van der Waals surface area contributed by atoms with Gasteiger partial charge >= 0.3 is 0 Å². The second kappa shape index (κ2) is 18.8. The van der Waals surface area contributed by atoms with Crippen LogP contribution in [0.25, 0.3) is 11.1 Å². The molecule has 0 radical (unpaired) electrons. The van der Waals surface area contributed by atoms with E-state index in [4.69, 9.17) is 0 Å². The number of unbranched alkanes of at least 4 members (excludes halogenated alkanes) is 2. The topological polar surface area (TPSA) is 6.48 Å². The number of anilines is 4. The predicted octanol–water partition coefficient (Wildman–Crippen LogP) is 15.9. The molecule has 7 rings (SSSR count). The molecule has 0 saturated carbocycles. The van der Waals surface area contributed by atoms with Gasteiger partial charge in [0.25, 0.3) is 0 Å². The largest absolute Gasteiger partial charge is 0.311 e. The van der Waals surface area contributed by atoms with Crippen LogP contribution in [0.2, 0.25) is 0 Å². The molecule has 0 bridgehead atoms. The Hall–Kier alpha value is -5.60. The lowest BCUT2D eigenvalue weighted by Crippen LogP contribution is -2.56. The van der Waals surface area contributed by atoms with Crippen LogP contribution in [0.4, 0.5) is 22.7 Å². The maximum absolute atomic E-state index is 2.56. The first-order valence-corrected chi connectivity index (χ1v) is 21.8. The van der Waals surface area contributed by atoms with E-state index in [1.165, 1.54) is 64.6 Å². The summed E-state index contributed by atoms with van der Waals surface area (Å²) >= 11 is 0. The second-order valence-electron chi connectivity index (χ2n) is 16.7. The van der Waals surface area contributed by atoms with Gasteiger partial charge < -0.3 is 9.80 Å². The van der Waals surface area contributed by atoms with Crippen LogP contribution in [0.1, 0.15) is 113 Å². The first-order valence-electron chi connectivity index (χ1n) is 21.8. The van der Waals surface area contributed by atoms with Crippen LogP contribution in [0, 0.1) is 0 Å². The highest BCUT2D eigenvalue weighted by atomic mass is 15.4. The summed E-state index contributed by atoms with van der Waals surface area (Å²) in [5.74, 6) is 1.01. The van der Waals surface area contributed by atoms with Crippen molar-refractivity contribution in [3.63, 3.8) is 0 Å². The molecule has 1 aliphatic rings. The maximum atomic E-state index is 2.56. The van der Waals surface area contributed by atoms with E-state index in [1.54, 1.807) is 0 Å². The Morgan fingerprint density at radius 1 is 0.448 bits per heavy atom. The van der Waals surface area contributed by atoms with Crippen molar-refractivity contribution < 1.29 is 0 Å². The van der Waals surface area contributed by atoms with Crippen molar-refractivity contribution in [1.82, 2.24) is 0 Å². The van der Waals surface area contributed by atoms with Gasteiger partial charge in [-0.3, -0.25) is 0 Å². The van der Waals surface area contributed by atoms with E-state index in [1.807, 2.05) is 0 Å². The number of allylic oxidation sites excluding steroid dienone is 2. The van der Waals surface area contributed by atoms with E-state index < -0.39 is 5.66 Å². The zero-order valence-electron chi connectivity index (χ0n) is 35.6. The summed E-state index contributed by atoms with van der Waals surface area (Å²) in [6.45, 7) is 13.6. The van der Waals surface area contributed by atoms with E-state index in [9.17, 15) is 0 Å². The van der Waals surface area contributed by atoms with E-state index in [-0.39, 0.29) is 5.92 Å². The van der Waals surface area contributed by atoms with Gasteiger partial charge in [-0.2, -0.15) is 0 Å². The van der Waals surface area contributed by atoms with Crippen LogP contribution in [0.3, 0.4) is 0 Å². The van der Waals surface area contributed by atoms with E-state index >= 15 is 0 Å². The lowest BCUT2D eigenvalue weighted by atomic mass is 9.86. The molecule has 2 heteroatoms. The SMILES string of the molecule is CCCCc1ccc(N(c2ccc(C(C)C)cc2)C2(N(c3ccc(CCCC)cc3)c3ccc(C(C)C)cc3)C=CC(c3ccc(-c4ccccc4)cc3)C=C2)cc1. The van der Waals surface area contributed by atoms with Crippen molar-refractivity contribution in [2.45, 2.75) is 103 Å². The summed E-state index contributed by atoms with van der Waals surface area (Å²) < 4.78 is 0. The van der Waals surface area contributed by atoms with Gasteiger partial charge in [-0.15, -0.1) is 0 Å². The van der Waals surface area contributed by atoms with Gasteiger partial charge in [0, 0.05) is 28.7 Å². The molecule has 0 N–H and O–H groups in total. The molecule has 0 aliphatic heterocycles.